The highest BCUT2D eigenvalue weighted by Gasteiger charge is 2.39. The van der Waals surface area contributed by atoms with Crippen molar-refractivity contribution in [3.63, 3.8) is 0 Å². The molecule has 0 saturated carbocycles. The SMILES string of the molecule is CCC(C)(C)C(=O)OC1CCCCS1(=O)=O.CCC(C)(C)C(=O)OC1CCCS(=O)(=O)C1.CCC(C)(C)C(=O)OC1CCS(=O)(=O)C1.CCC(C)(C)C(=O)OCC(=O)OC1CCCS(=O)(=O)C1.CCC(C)(C)C(=O)OCC(=O)OC1CCS(=O)(=O)C1. The van der Waals surface area contributed by atoms with Crippen LogP contribution in [0.15, 0.2) is 0 Å². The topological polar surface area (TPSA) is 355 Å². The van der Waals surface area contributed by atoms with Gasteiger partial charge in [0.2, 0.25) is 5.44 Å². The summed E-state index contributed by atoms with van der Waals surface area (Å²) in [6.07, 6.45) is 6.01. The van der Waals surface area contributed by atoms with Gasteiger partial charge < -0.3 is 33.2 Å². The van der Waals surface area contributed by atoms with Crippen molar-refractivity contribution in [1.82, 2.24) is 0 Å². The third-order valence-corrected chi connectivity index (χ3v) is 25.0. The Hall–Kier alpha value is -3.96. The molecule has 0 aromatic carbocycles. The molecule has 0 radical (unpaired) electrons. The third kappa shape index (κ3) is 29.1. The molecule has 5 heterocycles. The van der Waals surface area contributed by atoms with Crippen LogP contribution >= 0.6 is 0 Å². The molecule has 0 amide bonds. The number of hydrogen-bond donors (Lipinski definition) is 0. The average molecular weight is 1330 g/mol. The Morgan fingerprint density at radius 3 is 0.895 bits per heavy atom. The summed E-state index contributed by atoms with van der Waals surface area (Å²) < 4.78 is 149. The van der Waals surface area contributed by atoms with Crippen LogP contribution < -0.4 is 0 Å². The zero-order valence-electron chi connectivity index (χ0n) is 53.4. The molecule has 86 heavy (non-hydrogen) atoms. The quantitative estimate of drug-likeness (QED) is 0.100. The second kappa shape index (κ2) is 33.7. The van der Waals surface area contributed by atoms with Crippen molar-refractivity contribution in [2.45, 2.75) is 224 Å². The first-order valence-corrected chi connectivity index (χ1v) is 38.5. The lowest BCUT2D eigenvalue weighted by Crippen LogP contribution is -2.37. The molecular formula is C57H100O24S5. The fraction of sp³-hybridized carbons (Fsp3) is 0.877. The van der Waals surface area contributed by atoms with Crippen molar-refractivity contribution < 1.29 is 109 Å². The molecule has 0 spiro atoms. The zero-order valence-corrected chi connectivity index (χ0v) is 57.5. The van der Waals surface area contributed by atoms with Crippen LogP contribution in [0.5, 0.6) is 0 Å². The summed E-state index contributed by atoms with van der Waals surface area (Å²) in [5.74, 6) is -3.00. The van der Waals surface area contributed by atoms with Crippen molar-refractivity contribution in [2.75, 3.05) is 65.0 Å². The highest BCUT2D eigenvalue weighted by atomic mass is 32.2. The van der Waals surface area contributed by atoms with Gasteiger partial charge in [0.1, 0.15) is 24.4 Å². The summed E-state index contributed by atoms with van der Waals surface area (Å²) in [5, 5.41) is 0. The van der Waals surface area contributed by atoms with Crippen LogP contribution in [0.4, 0.5) is 0 Å². The number of hydrogen-bond acceptors (Lipinski definition) is 24. The summed E-state index contributed by atoms with van der Waals surface area (Å²) in [4.78, 5) is 81.4. The lowest BCUT2D eigenvalue weighted by molar-refractivity contribution is -0.167. The fourth-order valence-electron chi connectivity index (χ4n) is 7.61. The van der Waals surface area contributed by atoms with Gasteiger partial charge in [-0.3, -0.25) is 24.0 Å². The molecule has 29 heteroatoms. The van der Waals surface area contributed by atoms with Crippen LogP contribution in [-0.2, 0) is 116 Å². The lowest BCUT2D eigenvalue weighted by atomic mass is 9.90. The maximum atomic E-state index is 11.8. The number of esters is 7. The fourth-order valence-corrected chi connectivity index (χ4v) is 15.6. The standard InChI is InChI=1S/C13H22O6S.C12H20O6S.2C11H20O4S.C10H18O4S/c1-4-13(2,3)12(15)18-8-11(14)19-10-6-5-7-20(16,17)9-10;1-4-12(2,3)11(14)17-7-10(13)18-9-5-6-19(15,16)8-9;1-4-11(2,3)10(12)15-9-6-5-7-16(13,14)8-9;1-4-11(2,3)10(12)15-9-7-5-6-8-16(9,13)14;1-4-10(2,3)9(11)14-8-5-6-15(12,13)7-8/h10H,4-9H2,1-3H3;9H,4-8H2,1-3H3;2*9H,4-8H2,1-3H3;8H,4-7H2,1-3H3. The summed E-state index contributed by atoms with van der Waals surface area (Å²) in [6.45, 7) is 26.2. The first-order valence-electron chi connectivity index (χ1n) is 29.5. The molecule has 0 aromatic heterocycles. The monoisotopic (exact) mass is 1330 g/mol. The van der Waals surface area contributed by atoms with Gasteiger partial charge in [0.05, 0.1) is 78.9 Å². The summed E-state index contributed by atoms with van der Waals surface area (Å²) >= 11 is 0. The smallest absolute Gasteiger partial charge is 0.344 e. The van der Waals surface area contributed by atoms with Crippen molar-refractivity contribution in [2.24, 2.45) is 27.1 Å². The molecule has 5 rings (SSSR count). The Morgan fingerprint density at radius 2 is 0.605 bits per heavy atom. The van der Waals surface area contributed by atoms with Gasteiger partial charge in [-0.15, -0.1) is 0 Å². The maximum Gasteiger partial charge on any atom is 0.344 e. The molecule has 5 atom stereocenters. The first-order chi connectivity index (χ1) is 39.1. The van der Waals surface area contributed by atoms with Gasteiger partial charge in [0.25, 0.3) is 0 Å². The van der Waals surface area contributed by atoms with Crippen LogP contribution in [0.2, 0.25) is 0 Å². The van der Waals surface area contributed by atoms with E-state index in [-0.39, 0.29) is 63.7 Å². The van der Waals surface area contributed by atoms with E-state index in [1.54, 1.807) is 55.4 Å². The molecule has 0 N–H and O–H groups in total. The van der Waals surface area contributed by atoms with E-state index in [4.69, 9.17) is 33.2 Å². The Bertz CT molecular complexity index is 2870. The van der Waals surface area contributed by atoms with Gasteiger partial charge in [-0.1, -0.05) is 34.6 Å². The van der Waals surface area contributed by atoms with Crippen molar-refractivity contribution in [1.29, 1.82) is 0 Å². The molecule has 5 saturated heterocycles. The van der Waals surface area contributed by atoms with E-state index in [1.807, 2.05) is 48.5 Å². The third-order valence-electron chi connectivity index (χ3n) is 15.9. The average Bonchev–Trinajstić information content (AvgIpc) is 3.89. The molecule has 0 aliphatic carbocycles. The minimum absolute atomic E-state index is 0.0153. The Kier molecular flexibility index (Phi) is 31.4. The predicted octanol–water partition coefficient (Wildman–Crippen LogP) is 6.37. The minimum Gasteiger partial charge on any atom is -0.461 e. The molecule has 502 valence electrons. The maximum absolute atomic E-state index is 11.8. The van der Waals surface area contributed by atoms with Crippen LogP contribution in [0.1, 0.15) is 194 Å². The van der Waals surface area contributed by atoms with Crippen LogP contribution in [0.25, 0.3) is 0 Å². The highest BCUT2D eigenvalue weighted by Crippen LogP contribution is 2.29. The molecule has 0 bridgehead atoms. The van der Waals surface area contributed by atoms with E-state index in [1.165, 1.54) is 0 Å². The normalized spacial score (nSPS) is 23.7. The van der Waals surface area contributed by atoms with Gasteiger partial charge in [0, 0.05) is 0 Å². The van der Waals surface area contributed by atoms with Crippen LogP contribution in [0.3, 0.4) is 0 Å². The zero-order chi connectivity index (χ0) is 66.6. The molecule has 5 fully saturated rings. The van der Waals surface area contributed by atoms with Crippen molar-refractivity contribution >= 4 is 91.0 Å². The molecule has 5 unspecified atom stereocenters. The lowest BCUT2D eigenvalue weighted by Gasteiger charge is -2.27. The van der Waals surface area contributed by atoms with E-state index in [0.29, 0.717) is 83.5 Å². The number of carbonyl (C=O) groups excluding carboxylic acids is 7. The van der Waals surface area contributed by atoms with Crippen LogP contribution in [-0.4, -0.2) is 179 Å². The Morgan fingerprint density at radius 1 is 0.326 bits per heavy atom. The minimum atomic E-state index is -3.23. The molecule has 24 nitrogen and oxygen atoms in total. The largest absolute Gasteiger partial charge is 0.461 e. The van der Waals surface area contributed by atoms with Gasteiger partial charge in [-0.2, -0.15) is 0 Å². The number of rotatable bonds is 19. The summed E-state index contributed by atoms with van der Waals surface area (Å²) in [5.41, 5.74) is -3.86. The second-order valence-corrected chi connectivity index (χ2v) is 36.8. The Balaban J connectivity index is 0.000000540. The van der Waals surface area contributed by atoms with Crippen molar-refractivity contribution in [3.8, 4) is 0 Å². The second-order valence-electron chi connectivity index (χ2n) is 25.6. The Labute approximate surface area is 512 Å². The van der Waals surface area contributed by atoms with E-state index < -0.39 is 149 Å². The number of sulfone groups is 5. The first kappa shape index (κ1) is 80.1. The molecule has 5 aliphatic rings. The molecule has 0 aromatic rings. The van der Waals surface area contributed by atoms with E-state index in [0.717, 1.165) is 6.42 Å². The molecular weight excluding hydrogens is 1230 g/mol. The predicted molar refractivity (Wildman–Crippen MR) is 322 cm³/mol. The summed E-state index contributed by atoms with van der Waals surface area (Å²) in [6, 6.07) is 0. The van der Waals surface area contributed by atoms with E-state index in [9.17, 15) is 75.7 Å². The van der Waals surface area contributed by atoms with Crippen molar-refractivity contribution in [3.05, 3.63) is 0 Å². The van der Waals surface area contributed by atoms with Gasteiger partial charge in [-0.05, 0) is 159 Å². The summed E-state index contributed by atoms with van der Waals surface area (Å²) in [7, 11) is -15.4. The van der Waals surface area contributed by atoms with E-state index >= 15 is 0 Å². The van der Waals surface area contributed by atoms with Gasteiger partial charge in [0.15, 0.2) is 62.4 Å². The van der Waals surface area contributed by atoms with E-state index in [2.05, 4.69) is 0 Å². The van der Waals surface area contributed by atoms with Crippen LogP contribution in [0, 0.1) is 27.1 Å². The highest BCUT2D eigenvalue weighted by molar-refractivity contribution is 7.92. The number of carbonyl (C=O) groups is 7. The number of ether oxygens (including phenoxy) is 7. The van der Waals surface area contributed by atoms with Gasteiger partial charge in [-0.25, -0.2) is 51.7 Å². The molecule has 5 aliphatic heterocycles. The van der Waals surface area contributed by atoms with Gasteiger partial charge >= 0.3 is 41.8 Å².